The quantitative estimate of drug-likeness (QED) is 0.111. The van der Waals surface area contributed by atoms with E-state index in [-0.39, 0.29) is 6.10 Å². The lowest BCUT2D eigenvalue weighted by atomic mass is 9.98. The maximum absolute atomic E-state index is 9.62. The highest BCUT2D eigenvalue weighted by Crippen LogP contribution is 2.15. The predicted molar refractivity (Wildman–Crippen MR) is 107 cm³/mol. The molecule has 0 rings (SSSR count). The van der Waals surface area contributed by atoms with E-state index in [9.17, 15) is 5.11 Å². The van der Waals surface area contributed by atoms with Gasteiger partial charge in [-0.3, -0.25) is 0 Å². The Morgan fingerprint density at radius 2 is 1.95 bits per heavy atom. The Kier molecular flexibility index (Phi) is 13.3. The fourth-order valence-electron chi connectivity index (χ4n) is 2.02. The average Bonchev–Trinajstić information content (AvgIpc) is 2.41. The molecule has 0 aromatic carbocycles. The van der Waals surface area contributed by atoms with Crippen LogP contribution in [0.3, 0.4) is 0 Å². The van der Waals surface area contributed by atoms with Crippen LogP contribution in [-0.4, -0.2) is 43.7 Å². The van der Waals surface area contributed by atoms with Gasteiger partial charge in [0.05, 0.1) is 12.7 Å². The lowest BCUT2D eigenvalue weighted by Gasteiger charge is -2.15. The van der Waals surface area contributed by atoms with E-state index in [2.05, 4.69) is 62.2 Å². The fourth-order valence-corrected chi connectivity index (χ4v) is 3.13. The summed E-state index contributed by atoms with van der Waals surface area (Å²) in [5.74, 6) is 0.569. The van der Waals surface area contributed by atoms with Crippen LogP contribution in [0.4, 0.5) is 0 Å². The van der Waals surface area contributed by atoms with Crippen LogP contribution in [0.2, 0.25) is 25.7 Å². The molecule has 0 saturated heterocycles. The molecule has 0 aromatic rings. The van der Waals surface area contributed by atoms with Gasteiger partial charge in [0.25, 0.3) is 0 Å². The molecule has 0 spiro atoms. The Balaban J connectivity index is 3.61. The zero-order chi connectivity index (χ0) is 17.0. The third-order valence-electron chi connectivity index (χ3n) is 3.50. The normalized spacial score (nSPS) is 15.9. The van der Waals surface area contributed by atoms with Crippen LogP contribution in [0.15, 0.2) is 11.6 Å². The molecule has 0 aliphatic rings. The Morgan fingerprint density at radius 3 is 2.55 bits per heavy atom. The van der Waals surface area contributed by atoms with Gasteiger partial charge in [-0.1, -0.05) is 60.8 Å². The Labute approximate surface area is 152 Å². The molecule has 0 radical (unpaired) electrons. The number of ether oxygens (including phenoxy) is 2. The van der Waals surface area contributed by atoms with Crippen LogP contribution in [0.1, 0.15) is 33.1 Å². The first-order chi connectivity index (χ1) is 10.2. The molecule has 0 heterocycles. The maximum Gasteiger partial charge on any atom is 0.147 e. The second-order valence-electron chi connectivity index (χ2n) is 7.46. The summed E-state index contributed by atoms with van der Waals surface area (Å²) < 4.78 is 11.9. The van der Waals surface area contributed by atoms with Gasteiger partial charge in [-0.2, -0.15) is 0 Å². The van der Waals surface area contributed by atoms with E-state index in [1.54, 1.807) is 0 Å². The first-order valence-electron chi connectivity index (χ1n) is 8.29. The predicted octanol–water partition coefficient (Wildman–Crippen LogP) is 4.86. The van der Waals surface area contributed by atoms with Crippen molar-refractivity contribution in [2.45, 2.75) is 64.9 Å². The molecule has 22 heavy (non-hydrogen) atoms. The largest absolute Gasteiger partial charge is 0.392 e. The third kappa shape index (κ3) is 15.5. The first-order valence-corrected chi connectivity index (χ1v) is 13.5. The smallest absolute Gasteiger partial charge is 0.147 e. The van der Waals surface area contributed by atoms with Gasteiger partial charge < -0.3 is 14.6 Å². The summed E-state index contributed by atoms with van der Waals surface area (Å²) in [5.41, 5.74) is 1.26. The van der Waals surface area contributed by atoms with E-state index >= 15 is 0 Å². The molecular weight excluding hydrogens is 407 g/mol. The first kappa shape index (κ1) is 22.6. The number of hydrogen-bond acceptors (Lipinski definition) is 3. The minimum absolute atomic E-state index is 0.155. The number of alkyl halides is 1. The van der Waals surface area contributed by atoms with Crippen LogP contribution in [-0.2, 0) is 9.47 Å². The van der Waals surface area contributed by atoms with Crippen molar-refractivity contribution in [3.05, 3.63) is 11.6 Å². The van der Waals surface area contributed by atoms with E-state index < -0.39 is 8.07 Å². The van der Waals surface area contributed by atoms with Gasteiger partial charge in [-0.15, -0.1) is 0 Å². The molecule has 0 unspecified atom stereocenters. The molecule has 0 bridgehead atoms. The van der Waals surface area contributed by atoms with Crippen LogP contribution in [0.25, 0.3) is 0 Å². The summed E-state index contributed by atoms with van der Waals surface area (Å²) in [6.07, 6.45) is 5.17. The lowest BCUT2D eigenvalue weighted by molar-refractivity contribution is -0.0413. The van der Waals surface area contributed by atoms with E-state index in [1.807, 2.05) is 0 Å². The summed E-state index contributed by atoms with van der Waals surface area (Å²) in [5, 5.41) is 9.62. The molecule has 2 atom stereocenters. The van der Waals surface area contributed by atoms with Crippen molar-refractivity contribution in [2.75, 3.05) is 24.4 Å². The van der Waals surface area contributed by atoms with Gasteiger partial charge in [0.2, 0.25) is 0 Å². The van der Waals surface area contributed by atoms with E-state index in [1.165, 1.54) is 11.6 Å². The molecule has 0 fully saturated rings. The number of rotatable bonds is 13. The summed E-state index contributed by atoms with van der Waals surface area (Å²) in [7, 11) is -0.993. The molecule has 0 aromatic heterocycles. The van der Waals surface area contributed by atoms with Gasteiger partial charge in [-0.05, 0) is 38.1 Å². The number of halogens is 1. The topological polar surface area (TPSA) is 38.7 Å². The Hall–Kier alpha value is 0.567. The minimum atomic E-state index is -0.993. The molecular formula is C17H35IO3Si. The lowest BCUT2D eigenvalue weighted by Crippen LogP contribution is -2.22. The van der Waals surface area contributed by atoms with Gasteiger partial charge in [0, 0.05) is 19.1 Å². The highest BCUT2D eigenvalue weighted by atomic mass is 127. The summed E-state index contributed by atoms with van der Waals surface area (Å²) in [6.45, 7) is 13.2. The van der Waals surface area contributed by atoms with Crippen molar-refractivity contribution in [1.29, 1.82) is 0 Å². The van der Waals surface area contributed by atoms with E-state index in [0.29, 0.717) is 19.3 Å². The molecule has 5 heteroatoms. The summed E-state index contributed by atoms with van der Waals surface area (Å²) in [6, 6.07) is 1.19. The molecule has 132 valence electrons. The molecule has 1 N–H and O–H groups in total. The SMILES string of the molecule is C/C(=C\CC[C@@H](C)C[C@@H](O)CI)COCOCC[Si](C)(C)C. The van der Waals surface area contributed by atoms with Crippen molar-refractivity contribution in [1.82, 2.24) is 0 Å². The second kappa shape index (κ2) is 12.9. The highest BCUT2D eigenvalue weighted by molar-refractivity contribution is 14.1. The Bertz CT molecular complexity index is 303. The van der Waals surface area contributed by atoms with Crippen molar-refractivity contribution in [2.24, 2.45) is 5.92 Å². The number of aliphatic hydroxyl groups excluding tert-OH is 1. The molecule has 0 saturated carbocycles. The molecule has 0 aliphatic heterocycles. The van der Waals surface area contributed by atoms with Gasteiger partial charge in [0.15, 0.2) is 0 Å². The van der Waals surface area contributed by atoms with Crippen LogP contribution in [0, 0.1) is 5.92 Å². The van der Waals surface area contributed by atoms with Crippen molar-refractivity contribution < 1.29 is 14.6 Å². The number of allylic oxidation sites excluding steroid dienone is 1. The standard InChI is InChI=1S/C17H35IO3Si/c1-15(11-17(19)12-18)7-6-8-16(2)13-21-14-20-9-10-22(3,4)5/h8,15,17,19H,6-7,9-14H2,1-5H3/b16-8+/t15-,17-/m1/s1. The van der Waals surface area contributed by atoms with E-state index in [4.69, 9.17) is 9.47 Å². The molecule has 0 aliphatic carbocycles. The minimum Gasteiger partial charge on any atom is -0.392 e. The zero-order valence-corrected chi connectivity index (χ0v) is 18.2. The summed E-state index contributed by atoms with van der Waals surface area (Å²) in [4.78, 5) is 0. The summed E-state index contributed by atoms with van der Waals surface area (Å²) >= 11 is 2.24. The number of hydrogen-bond donors (Lipinski definition) is 1. The Morgan fingerprint density at radius 1 is 1.27 bits per heavy atom. The second-order valence-corrected chi connectivity index (χ2v) is 14.0. The van der Waals surface area contributed by atoms with E-state index in [0.717, 1.165) is 30.3 Å². The average molecular weight is 442 g/mol. The zero-order valence-electron chi connectivity index (χ0n) is 15.0. The fraction of sp³-hybridized carbons (Fsp3) is 0.882. The van der Waals surface area contributed by atoms with Crippen LogP contribution >= 0.6 is 22.6 Å². The highest BCUT2D eigenvalue weighted by Gasteiger charge is 2.11. The van der Waals surface area contributed by atoms with Crippen LogP contribution in [0.5, 0.6) is 0 Å². The van der Waals surface area contributed by atoms with Gasteiger partial charge >= 0.3 is 0 Å². The van der Waals surface area contributed by atoms with Gasteiger partial charge in [0.1, 0.15) is 6.79 Å². The maximum atomic E-state index is 9.62. The monoisotopic (exact) mass is 442 g/mol. The number of aliphatic hydroxyl groups is 1. The molecule has 3 nitrogen and oxygen atoms in total. The van der Waals surface area contributed by atoms with Crippen molar-refractivity contribution in [3.8, 4) is 0 Å². The van der Waals surface area contributed by atoms with Crippen molar-refractivity contribution >= 4 is 30.7 Å². The van der Waals surface area contributed by atoms with Crippen LogP contribution < -0.4 is 0 Å². The van der Waals surface area contributed by atoms with Gasteiger partial charge in [-0.25, -0.2) is 0 Å². The van der Waals surface area contributed by atoms with Crippen molar-refractivity contribution in [3.63, 3.8) is 0 Å². The molecule has 0 amide bonds. The third-order valence-corrected chi connectivity index (χ3v) is 6.22.